The minimum absolute atomic E-state index is 0.145. The van der Waals surface area contributed by atoms with Gasteiger partial charge in [0.1, 0.15) is 5.76 Å². The van der Waals surface area contributed by atoms with Crippen molar-refractivity contribution in [3.8, 4) is 22.5 Å². The largest absolute Gasteiger partial charge is 0.452 e. The first-order valence-corrected chi connectivity index (χ1v) is 10.8. The molecular formula is C23H13Br3O2. The fraction of sp³-hybridized carbons (Fsp3) is 0. The predicted octanol–water partition coefficient (Wildman–Crippen LogP) is 8.13. The van der Waals surface area contributed by atoms with Crippen molar-refractivity contribution >= 4 is 53.6 Å². The van der Waals surface area contributed by atoms with Crippen molar-refractivity contribution in [3.63, 3.8) is 0 Å². The zero-order chi connectivity index (χ0) is 19.7. The Morgan fingerprint density at radius 3 is 1.64 bits per heavy atom. The molecule has 0 fully saturated rings. The number of carbonyl (C=O) groups is 1. The van der Waals surface area contributed by atoms with E-state index in [9.17, 15) is 4.79 Å². The Labute approximate surface area is 188 Å². The smallest absolute Gasteiger partial charge is 0.228 e. The molecule has 0 bridgehead atoms. The topological polar surface area (TPSA) is 30.2 Å². The van der Waals surface area contributed by atoms with E-state index in [0.29, 0.717) is 17.1 Å². The van der Waals surface area contributed by atoms with Gasteiger partial charge in [-0.1, -0.05) is 72.1 Å². The summed E-state index contributed by atoms with van der Waals surface area (Å²) in [4.78, 5) is 13.2. The van der Waals surface area contributed by atoms with Gasteiger partial charge in [0, 0.05) is 30.1 Å². The molecule has 0 aliphatic carbocycles. The van der Waals surface area contributed by atoms with Gasteiger partial charge in [0.25, 0.3) is 0 Å². The van der Waals surface area contributed by atoms with E-state index in [4.69, 9.17) is 4.42 Å². The minimum Gasteiger partial charge on any atom is -0.452 e. The maximum atomic E-state index is 13.2. The first-order chi connectivity index (χ1) is 13.5. The van der Waals surface area contributed by atoms with Crippen LogP contribution in [-0.4, -0.2) is 5.78 Å². The van der Waals surface area contributed by atoms with E-state index in [1.165, 1.54) is 0 Å². The average molecular weight is 561 g/mol. The van der Waals surface area contributed by atoms with Crippen LogP contribution < -0.4 is 0 Å². The van der Waals surface area contributed by atoms with Crippen LogP contribution in [0.4, 0.5) is 0 Å². The molecule has 4 rings (SSSR count). The highest BCUT2D eigenvalue weighted by atomic mass is 79.9. The molecule has 0 saturated heterocycles. The Morgan fingerprint density at radius 2 is 1.11 bits per heavy atom. The lowest BCUT2D eigenvalue weighted by Crippen LogP contribution is -2.01. The number of benzene rings is 3. The van der Waals surface area contributed by atoms with E-state index in [1.807, 2.05) is 66.7 Å². The molecule has 1 heterocycles. The summed E-state index contributed by atoms with van der Waals surface area (Å²) < 4.78 is 8.98. The third-order valence-corrected chi connectivity index (χ3v) is 5.91. The lowest BCUT2D eigenvalue weighted by Gasteiger charge is -2.03. The molecule has 4 aromatic rings. The third kappa shape index (κ3) is 4.07. The maximum Gasteiger partial charge on any atom is 0.228 e. The lowest BCUT2D eigenvalue weighted by molar-refractivity contribution is 0.101. The third-order valence-electron chi connectivity index (χ3n) is 4.33. The van der Waals surface area contributed by atoms with Crippen LogP contribution in [0, 0.1) is 0 Å². The van der Waals surface area contributed by atoms with Gasteiger partial charge in [-0.25, -0.2) is 0 Å². The Bertz CT molecular complexity index is 1130. The van der Waals surface area contributed by atoms with E-state index < -0.39 is 0 Å². The highest BCUT2D eigenvalue weighted by molar-refractivity contribution is 9.11. The van der Waals surface area contributed by atoms with Crippen molar-refractivity contribution in [1.29, 1.82) is 0 Å². The fourth-order valence-electron chi connectivity index (χ4n) is 2.89. The second-order valence-electron chi connectivity index (χ2n) is 6.20. The molecule has 0 unspecified atom stereocenters. The fourth-order valence-corrected chi connectivity index (χ4v) is 3.69. The Balaban J connectivity index is 1.85. The van der Waals surface area contributed by atoms with Crippen molar-refractivity contribution in [2.75, 3.05) is 0 Å². The Morgan fingerprint density at radius 1 is 0.643 bits per heavy atom. The van der Waals surface area contributed by atoms with Crippen LogP contribution in [0.3, 0.4) is 0 Å². The molecule has 1 aromatic heterocycles. The van der Waals surface area contributed by atoms with Crippen LogP contribution in [0.15, 0.2) is 96.7 Å². The summed E-state index contributed by atoms with van der Waals surface area (Å²) in [5, 5.41) is 0. The van der Waals surface area contributed by atoms with Crippen LogP contribution >= 0.6 is 47.8 Å². The Hall–Kier alpha value is -1.95. The summed E-state index contributed by atoms with van der Waals surface area (Å²) in [6.07, 6.45) is 0. The molecule has 138 valence electrons. The number of hydrogen-bond acceptors (Lipinski definition) is 2. The molecule has 0 aliphatic rings. The normalized spacial score (nSPS) is 10.8. The SMILES string of the molecule is O=C(c1ccc(Br)cc1)c1oc(-c2ccc(Br)cc2)cc1-c1ccc(Br)cc1. The summed E-state index contributed by atoms with van der Waals surface area (Å²) in [7, 11) is 0. The van der Waals surface area contributed by atoms with Crippen molar-refractivity contribution in [1.82, 2.24) is 0 Å². The average Bonchev–Trinajstić information content (AvgIpc) is 3.14. The second-order valence-corrected chi connectivity index (χ2v) is 8.95. The minimum atomic E-state index is -0.145. The number of rotatable bonds is 4. The summed E-state index contributed by atoms with van der Waals surface area (Å²) in [5.41, 5.74) is 3.20. The van der Waals surface area contributed by atoms with E-state index >= 15 is 0 Å². The van der Waals surface area contributed by atoms with Crippen LogP contribution in [-0.2, 0) is 0 Å². The number of carbonyl (C=O) groups excluding carboxylic acids is 1. The molecule has 3 aromatic carbocycles. The Kier molecular flexibility index (Phi) is 5.67. The molecule has 0 aliphatic heterocycles. The molecule has 0 radical (unpaired) electrons. The van der Waals surface area contributed by atoms with Crippen molar-refractivity contribution in [2.45, 2.75) is 0 Å². The first kappa shape index (κ1) is 19.4. The van der Waals surface area contributed by atoms with Crippen LogP contribution in [0.2, 0.25) is 0 Å². The van der Waals surface area contributed by atoms with Gasteiger partial charge in [-0.15, -0.1) is 0 Å². The predicted molar refractivity (Wildman–Crippen MR) is 123 cm³/mol. The molecule has 0 N–H and O–H groups in total. The van der Waals surface area contributed by atoms with Crippen LogP contribution in [0.5, 0.6) is 0 Å². The van der Waals surface area contributed by atoms with Gasteiger partial charge >= 0.3 is 0 Å². The first-order valence-electron chi connectivity index (χ1n) is 8.47. The summed E-state index contributed by atoms with van der Waals surface area (Å²) >= 11 is 10.3. The van der Waals surface area contributed by atoms with Crippen molar-refractivity contribution in [2.24, 2.45) is 0 Å². The van der Waals surface area contributed by atoms with E-state index in [-0.39, 0.29) is 5.78 Å². The van der Waals surface area contributed by atoms with Crippen molar-refractivity contribution in [3.05, 3.63) is 104 Å². The number of ketones is 1. The van der Waals surface area contributed by atoms with Gasteiger partial charge in [-0.2, -0.15) is 0 Å². The summed E-state index contributed by atoms with van der Waals surface area (Å²) in [6, 6.07) is 24.9. The summed E-state index contributed by atoms with van der Waals surface area (Å²) in [6.45, 7) is 0. The highest BCUT2D eigenvalue weighted by Gasteiger charge is 2.22. The molecular weight excluding hydrogens is 548 g/mol. The monoisotopic (exact) mass is 558 g/mol. The van der Waals surface area contributed by atoms with Gasteiger partial charge in [0.2, 0.25) is 5.78 Å². The van der Waals surface area contributed by atoms with Crippen LogP contribution in [0.1, 0.15) is 16.1 Å². The van der Waals surface area contributed by atoms with Gasteiger partial charge in [-0.05, 0) is 60.2 Å². The zero-order valence-corrected chi connectivity index (χ0v) is 19.2. The van der Waals surface area contributed by atoms with Gasteiger partial charge in [0.15, 0.2) is 5.76 Å². The highest BCUT2D eigenvalue weighted by Crippen LogP contribution is 2.35. The zero-order valence-electron chi connectivity index (χ0n) is 14.5. The molecule has 28 heavy (non-hydrogen) atoms. The van der Waals surface area contributed by atoms with E-state index in [0.717, 1.165) is 30.1 Å². The van der Waals surface area contributed by atoms with Crippen LogP contribution in [0.25, 0.3) is 22.5 Å². The van der Waals surface area contributed by atoms with Gasteiger partial charge < -0.3 is 4.42 Å². The molecule has 2 nitrogen and oxygen atoms in total. The molecule has 0 atom stereocenters. The molecule has 0 spiro atoms. The van der Waals surface area contributed by atoms with Gasteiger partial charge in [-0.3, -0.25) is 4.79 Å². The molecule has 0 saturated carbocycles. The standard InChI is InChI=1S/C23H13Br3O2/c24-17-7-1-14(2-8-17)20-13-21(15-3-9-18(25)10-4-15)28-23(20)22(27)16-5-11-19(26)12-6-16/h1-13H. The number of hydrogen-bond donors (Lipinski definition) is 0. The van der Waals surface area contributed by atoms with Crippen molar-refractivity contribution < 1.29 is 9.21 Å². The quantitative estimate of drug-likeness (QED) is 0.236. The molecule has 0 amide bonds. The molecule has 5 heteroatoms. The second kappa shape index (κ2) is 8.19. The maximum absolute atomic E-state index is 13.2. The van der Waals surface area contributed by atoms with E-state index in [2.05, 4.69) is 47.8 Å². The number of furan rings is 1. The van der Waals surface area contributed by atoms with E-state index in [1.54, 1.807) is 12.1 Å². The van der Waals surface area contributed by atoms with Gasteiger partial charge in [0.05, 0.1) is 0 Å². The lowest BCUT2D eigenvalue weighted by atomic mass is 10.0. The number of halogens is 3. The summed E-state index contributed by atoms with van der Waals surface area (Å²) in [5.74, 6) is 0.849.